The normalized spacial score (nSPS) is 13.9. The van der Waals surface area contributed by atoms with Crippen molar-refractivity contribution in [3.8, 4) is 33.2 Å². The zero-order valence-corrected chi connectivity index (χ0v) is 17.2. The average molecular weight is 417 g/mol. The maximum absolute atomic E-state index is 13.0. The third-order valence-corrected chi connectivity index (χ3v) is 6.31. The van der Waals surface area contributed by atoms with E-state index in [-0.39, 0.29) is 11.4 Å². The molecule has 3 aromatic heterocycles. The van der Waals surface area contributed by atoms with Gasteiger partial charge in [-0.2, -0.15) is 5.21 Å². The predicted octanol–water partition coefficient (Wildman–Crippen LogP) is 4.33. The van der Waals surface area contributed by atoms with Crippen LogP contribution in [-0.2, 0) is 6.42 Å². The highest BCUT2D eigenvalue weighted by molar-refractivity contribution is 7.15. The molecule has 4 aromatic rings. The van der Waals surface area contributed by atoms with E-state index in [0.717, 1.165) is 39.0 Å². The number of pyridine rings is 1. The molecule has 0 unspecified atom stereocenters. The van der Waals surface area contributed by atoms with Crippen molar-refractivity contribution in [2.45, 2.75) is 26.2 Å². The van der Waals surface area contributed by atoms with E-state index in [9.17, 15) is 4.79 Å². The number of aromatic nitrogens is 6. The number of rotatable bonds is 6. The average Bonchev–Trinajstić information content (AvgIpc) is 3.23. The topological polar surface area (TPSA) is 100 Å². The van der Waals surface area contributed by atoms with E-state index in [4.69, 9.17) is 0 Å². The summed E-state index contributed by atoms with van der Waals surface area (Å²) in [7, 11) is 0. The number of allylic oxidation sites excluding steroid dienone is 1. The van der Waals surface area contributed by atoms with E-state index in [2.05, 4.69) is 61.8 Å². The summed E-state index contributed by atoms with van der Waals surface area (Å²) in [6.07, 6.45) is 9.76. The van der Waals surface area contributed by atoms with Gasteiger partial charge in [0.1, 0.15) is 5.01 Å². The molecule has 30 heavy (non-hydrogen) atoms. The maximum atomic E-state index is 13.0. The van der Waals surface area contributed by atoms with Gasteiger partial charge in [0.2, 0.25) is 5.82 Å². The molecule has 1 fully saturated rings. The molecule has 0 atom stereocenters. The molecule has 7 nitrogen and oxygen atoms in total. The third-order valence-electron chi connectivity index (χ3n) is 5.14. The highest BCUT2D eigenvalue weighted by Crippen LogP contribution is 2.34. The van der Waals surface area contributed by atoms with Crippen LogP contribution in [0.1, 0.15) is 30.2 Å². The van der Waals surface area contributed by atoms with Gasteiger partial charge in [0.15, 0.2) is 0 Å². The molecule has 5 rings (SSSR count). The van der Waals surface area contributed by atoms with Crippen molar-refractivity contribution in [2.75, 3.05) is 0 Å². The molecule has 0 amide bonds. The van der Waals surface area contributed by atoms with Crippen LogP contribution in [0.5, 0.6) is 0 Å². The molecule has 8 heteroatoms. The summed E-state index contributed by atoms with van der Waals surface area (Å²) < 4.78 is 0. The van der Waals surface area contributed by atoms with Gasteiger partial charge < -0.3 is 4.98 Å². The summed E-state index contributed by atoms with van der Waals surface area (Å²) in [5, 5.41) is 14.8. The highest BCUT2D eigenvalue weighted by Gasteiger charge is 2.20. The first-order valence-corrected chi connectivity index (χ1v) is 10.8. The lowest BCUT2D eigenvalue weighted by Gasteiger charge is -2.08. The van der Waals surface area contributed by atoms with Crippen molar-refractivity contribution < 1.29 is 0 Å². The summed E-state index contributed by atoms with van der Waals surface area (Å²) in [4.78, 5) is 21.7. The van der Waals surface area contributed by atoms with Crippen LogP contribution in [0.4, 0.5) is 0 Å². The first kappa shape index (κ1) is 18.6. The minimum absolute atomic E-state index is 0.256. The van der Waals surface area contributed by atoms with Crippen molar-refractivity contribution in [3.63, 3.8) is 0 Å². The Morgan fingerprint density at radius 1 is 1.23 bits per heavy atom. The van der Waals surface area contributed by atoms with Crippen molar-refractivity contribution in [1.82, 2.24) is 30.6 Å². The van der Waals surface area contributed by atoms with Crippen molar-refractivity contribution in [2.24, 2.45) is 5.92 Å². The number of benzene rings is 1. The first-order chi connectivity index (χ1) is 14.7. The van der Waals surface area contributed by atoms with Gasteiger partial charge in [-0.15, -0.1) is 21.5 Å². The molecule has 0 radical (unpaired) electrons. The van der Waals surface area contributed by atoms with Crippen molar-refractivity contribution in [1.29, 1.82) is 0 Å². The molecule has 1 aliphatic carbocycles. The van der Waals surface area contributed by atoms with Crippen LogP contribution >= 0.6 is 11.3 Å². The smallest absolute Gasteiger partial charge is 0.260 e. The van der Waals surface area contributed by atoms with Gasteiger partial charge in [0, 0.05) is 22.3 Å². The molecule has 1 aliphatic rings. The monoisotopic (exact) mass is 416 g/mol. The predicted molar refractivity (Wildman–Crippen MR) is 118 cm³/mol. The number of hydrogen-bond donors (Lipinski definition) is 2. The van der Waals surface area contributed by atoms with Crippen LogP contribution in [0, 0.1) is 5.92 Å². The fourth-order valence-corrected chi connectivity index (χ4v) is 4.15. The Labute approximate surface area is 176 Å². The van der Waals surface area contributed by atoms with Crippen LogP contribution in [0.3, 0.4) is 0 Å². The second-order valence-electron chi connectivity index (χ2n) is 7.34. The highest BCUT2D eigenvalue weighted by atomic mass is 32.1. The number of aromatic amines is 2. The fourth-order valence-electron chi connectivity index (χ4n) is 3.28. The Balaban J connectivity index is 1.58. The van der Waals surface area contributed by atoms with E-state index in [0.29, 0.717) is 11.1 Å². The quantitative estimate of drug-likeness (QED) is 0.487. The minimum atomic E-state index is -0.269. The SMILES string of the molecule is CCc1cnc(-c2cc(-c3ccc(/C=C/C4CC4)cc3)[nH]c(=O)c2-c2nn[nH]n2)s1. The molecule has 1 saturated carbocycles. The largest absolute Gasteiger partial charge is 0.321 e. The van der Waals surface area contributed by atoms with E-state index < -0.39 is 0 Å². The molecule has 0 aliphatic heterocycles. The lowest BCUT2D eigenvalue weighted by Crippen LogP contribution is -2.12. The third kappa shape index (κ3) is 3.73. The van der Waals surface area contributed by atoms with Crippen LogP contribution in [0.25, 0.3) is 39.3 Å². The van der Waals surface area contributed by atoms with Gasteiger partial charge in [-0.25, -0.2) is 4.98 Å². The summed E-state index contributed by atoms with van der Waals surface area (Å²) in [5.74, 6) is 0.999. The van der Waals surface area contributed by atoms with Crippen LogP contribution in [0.2, 0.25) is 0 Å². The molecule has 2 N–H and O–H groups in total. The van der Waals surface area contributed by atoms with Crippen molar-refractivity contribution in [3.05, 3.63) is 63.4 Å². The number of nitrogens with zero attached hydrogens (tertiary/aromatic N) is 4. The summed E-state index contributed by atoms with van der Waals surface area (Å²) in [6, 6.07) is 10.1. The minimum Gasteiger partial charge on any atom is -0.321 e. The summed E-state index contributed by atoms with van der Waals surface area (Å²) >= 11 is 1.57. The van der Waals surface area contributed by atoms with Gasteiger partial charge in [0.05, 0.1) is 5.56 Å². The molecule has 3 heterocycles. The molecule has 0 saturated heterocycles. The molecular formula is C22H20N6OS. The van der Waals surface area contributed by atoms with Gasteiger partial charge in [-0.05, 0) is 47.6 Å². The summed E-state index contributed by atoms with van der Waals surface area (Å²) in [6.45, 7) is 2.08. The Morgan fingerprint density at radius 3 is 2.73 bits per heavy atom. The number of nitrogens with one attached hydrogen (secondary N) is 2. The van der Waals surface area contributed by atoms with Crippen LogP contribution in [-0.4, -0.2) is 30.6 Å². The molecule has 1 aromatic carbocycles. The number of H-pyrrole nitrogens is 2. The van der Waals surface area contributed by atoms with E-state index in [1.54, 1.807) is 11.3 Å². The zero-order chi connectivity index (χ0) is 20.5. The van der Waals surface area contributed by atoms with E-state index in [1.165, 1.54) is 12.8 Å². The Kier molecular flexibility index (Phi) is 4.84. The van der Waals surface area contributed by atoms with Crippen molar-refractivity contribution >= 4 is 17.4 Å². The second-order valence-corrected chi connectivity index (χ2v) is 8.46. The number of hydrogen-bond acceptors (Lipinski definition) is 6. The zero-order valence-electron chi connectivity index (χ0n) is 16.4. The van der Waals surface area contributed by atoms with Crippen LogP contribution < -0.4 is 5.56 Å². The Bertz CT molecular complexity index is 1250. The second kappa shape index (κ2) is 7.79. The van der Waals surface area contributed by atoms with Crippen LogP contribution in [0.15, 0.2) is 47.4 Å². The van der Waals surface area contributed by atoms with E-state index in [1.807, 2.05) is 24.4 Å². The number of tetrazole rings is 1. The number of aryl methyl sites for hydroxylation is 1. The lowest BCUT2D eigenvalue weighted by atomic mass is 10.0. The van der Waals surface area contributed by atoms with Gasteiger partial charge >= 0.3 is 0 Å². The van der Waals surface area contributed by atoms with Gasteiger partial charge in [-0.3, -0.25) is 4.79 Å². The maximum Gasteiger partial charge on any atom is 0.260 e. The molecule has 150 valence electrons. The standard InChI is InChI=1S/C22H20N6OS/c1-2-16-12-23-22(30-16)17-11-18(24-21(29)19(17)20-25-27-28-26-20)15-9-7-14(8-10-15)6-5-13-3-4-13/h5-13H,2-4H2,1H3,(H,24,29)(H,25,26,27,28)/b6-5+. The van der Waals surface area contributed by atoms with Gasteiger partial charge in [-0.1, -0.05) is 43.3 Å². The number of thiazole rings is 1. The lowest BCUT2D eigenvalue weighted by molar-refractivity contribution is 0.881. The molecular weight excluding hydrogens is 396 g/mol. The Hall–Kier alpha value is -3.39. The first-order valence-electron chi connectivity index (χ1n) is 9.96. The fraction of sp³-hybridized carbons (Fsp3) is 0.227. The Morgan fingerprint density at radius 2 is 2.07 bits per heavy atom. The van der Waals surface area contributed by atoms with E-state index >= 15 is 0 Å². The summed E-state index contributed by atoms with van der Waals surface area (Å²) in [5.41, 5.74) is 3.63. The molecule has 0 bridgehead atoms. The van der Waals surface area contributed by atoms with Gasteiger partial charge in [0.25, 0.3) is 5.56 Å². The molecule has 0 spiro atoms.